The van der Waals surface area contributed by atoms with Crippen LogP contribution in [0.15, 0.2) is 59.5 Å². The first-order valence-corrected chi connectivity index (χ1v) is 10.8. The molecule has 0 saturated heterocycles. The van der Waals surface area contributed by atoms with E-state index in [2.05, 4.69) is 4.72 Å². The number of rotatable bonds is 9. The molecule has 6 nitrogen and oxygen atoms in total. The van der Waals surface area contributed by atoms with Crippen LogP contribution in [-0.2, 0) is 21.4 Å². The van der Waals surface area contributed by atoms with E-state index in [-0.39, 0.29) is 4.90 Å². The van der Waals surface area contributed by atoms with Crippen LogP contribution >= 0.6 is 0 Å². The van der Waals surface area contributed by atoms with Crippen LogP contribution in [0.5, 0.6) is 0 Å². The average molecular weight is 405 g/mol. The van der Waals surface area contributed by atoms with Crippen molar-refractivity contribution in [3.8, 4) is 0 Å². The second-order valence-corrected chi connectivity index (χ2v) is 8.61. The molecule has 152 valence electrons. The zero-order chi connectivity index (χ0) is 20.7. The van der Waals surface area contributed by atoms with Crippen molar-refractivity contribution in [1.29, 1.82) is 0 Å². The van der Waals surface area contributed by atoms with Crippen molar-refractivity contribution < 1.29 is 18.3 Å². The van der Waals surface area contributed by atoms with Crippen LogP contribution in [0.4, 0.5) is 0 Å². The van der Waals surface area contributed by atoms with Crippen molar-refractivity contribution in [3.63, 3.8) is 0 Å². The molecule has 0 fully saturated rings. The van der Waals surface area contributed by atoms with Crippen molar-refractivity contribution in [2.45, 2.75) is 50.8 Å². The summed E-state index contributed by atoms with van der Waals surface area (Å²) < 4.78 is 27.8. The molecule has 0 aliphatic rings. The molecule has 7 heteroatoms. The van der Waals surface area contributed by atoms with Crippen LogP contribution in [0.1, 0.15) is 31.4 Å². The lowest BCUT2D eigenvalue weighted by Crippen LogP contribution is -2.53. The van der Waals surface area contributed by atoms with Gasteiger partial charge in [-0.3, -0.25) is 4.79 Å². The van der Waals surface area contributed by atoms with Crippen LogP contribution in [-0.4, -0.2) is 43.0 Å². The molecular formula is C21H28N2O4S. The number of sulfonamides is 1. The molecule has 2 aromatic rings. The number of hydrogen-bond acceptors (Lipinski definition) is 4. The lowest BCUT2D eigenvalue weighted by Gasteiger charge is -2.29. The van der Waals surface area contributed by atoms with Gasteiger partial charge in [-0.05, 0) is 38.0 Å². The van der Waals surface area contributed by atoms with Crippen molar-refractivity contribution >= 4 is 15.9 Å². The van der Waals surface area contributed by atoms with Gasteiger partial charge in [0, 0.05) is 13.1 Å². The highest BCUT2D eigenvalue weighted by molar-refractivity contribution is 7.89. The van der Waals surface area contributed by atoms with E-state index in [1.165, 1.54) is 19.1 Å². The number of amides is 1. The Kier molecular flexibility index (Phi) is 7.74. The average Bonchev–Trinajstić information content (AvgIpc) is 2.66. The number of nitrogens with one attached hydrogen (secondary N) is 1. The minimum Gasteiger partial charge on any atom is -0.391 e. The van der Waals surface area contributed by atoms with Crippen molar-refractivity contribution in [2.24, 2.45) is 0 Å². The summed E-state index contributed by atoms with van der Waals surface area (Å²) in [7, 11) is -3.95. The van der Waals surface area contributed by atoms with Crippen LogP contribution < -0.4 is 4.72 Å². The van der Waals surface area contributed by atoms with E-state index < -0.39 is 28.1 Å². The third kappa shape index (κ3) is 5.89. The Bertz CT molecular complexity index is 865. The molecule has 2 atom stereocenters. The highest BCUT2D eigenvalue weighted by atomic mass is 32.2. The SMILES string of the molecule is CCCN(Cc1ccccc1)C(=O)C(NS(=O)(=O)c1ccc(C)cc1)C(C)O. The minimum atomic E-state index is -3.95. The van der Waals surface area contributed by atoms with Gasteiger partial charge in [-0.15, -0.1) is 0 Å². The van der Waals surface area contributed by atoms with E-state index >= 15 is 0 Å². The number of aliphatic hydroxyl groups is 1. The second-order valence-electron chi connectivity index (χ2n) is 6.90. The molecule has 0 aromatic heterocycles. The summed E-state index contributed by atoms with van der Waals surface area (Å²) in [6.07, 6.45) is -0.460. The first-order valence-electron chi connectivity index (χ1n) is 9.34. The molecule has 0 aliphatic heterocycles. The zero-order valence-corrected chi connectivity index (χ0v) is 17.3. The fraction of sp³-hybridized carbons (Fsp3) is 0.381. The largest absolute Gasteiger partial charge is 0.391 e. The Labute approximate surface area is 167 Å². The zero-order valence-electron chi connectivity index (χ0n) is 16.5. The predicted octanol–water partition coefficient (Wildman–Crippen LogP) is 2.46. The topological polar surface area (TPSA) is 86.7 Å². The second kappa shape index (κ2) is 9.82. The highest BCUT2D eigenvalue weighted by Crippen LogP contribution is 2.14. The number of aliphatic hydroxyl groups excluding tert-OH is 1. The lowest BCUT2D eigenvalue weighted by atomic mass is 10.1. The Morgan fingerprint density at radius 1 is 1.11 bits per heavy atom. The van der Waals surface area contributed by atoms with Gasteiger partial charge in [0.2, 0.25) is 15.9 Å². The fourth-order valence-corrected chi connectivity index (χ4v) is 4.11. The summed E-state index contributed by atoms with van der Waals surface area (Å²) in [6, 6.07) is 14.5. The third-order valence-corrected chi connectivity index (χ3v) is 5.84. The standard InChI is InChI=1S/C21H28N2O4S/c1-4-14-23(15-18-8-6-5-7-9-18)21(25)20(17(3)24)22-28(26,27)19-12-10-16(2)11-13-19/h5-13,17,20,22,24H,4,14-15H2,1-3H3. The van der Waals surface area contributed by atoms with Gasteiger partial charge in [0.05, 0.1) is 11.0 Å². The monoisotopic (exact) mass is 404 g/mol. The molecule has 0 aliphatic carbocycles. The summed E-state index contributed by atoms with van der Waals surface area (Å²) in [5.41, 5.74) is 1.87. The minimum absolute atomic E-state index is 0.0571. The van der Waals surface area contributed by atoms with Crippen LogP contribution in [0.3, 0.4) is 0 Å². The molecule has 0 radical (unpaired) electrons. The van der Waals surface area contributed by atoms with Crippen molar-refractivity contribution in [2.75, 3.05) is 6.54 Å². The predicted molar refractivity (Wildman–Crippen MR) is 109 cm³/mol. The Balaban J connectivity index is 2.24. The van der Waals surface area contributed by atoms with Gasteiger partial charge in [0.15, 0.2) is 0 Å². The fourth-order valence-electron chi connectivity index (χ4n) is 2.85. The molecule has 2 unspecified atom stereocenters. The highest BCUT2D eigenvalue weighted by Gasteiger charge is 2.32. The summed E-state index contributed by atoms with van der Waals surface area (Å²) in [6.45, 7) is 6.02. The summed E-state index contributed by atoms with van der Waals surface area (Å²) in [5, 5.41) is 10.1. The smallest absolute Gasteiger partial charge is 0.243 e. The van der Waals surface area contributed by atoms with Gasteiger partial charge in [-0.1, -0.05) is 55.0 Å². The number of carbonyl (C=O) groups is 1. The quantitative estimate of drug-likeness (QED) is 0.672. The van der Waals surface area contributed by atoms with Gasteiger partial charge < -0.3 is 10.0 Å². The summed E-state index contributed by atoms with van der Waals surface area (Å²) in [4.78, 5) is 14.7. The number of aryl methyl sites for hydroxylation is 1. The molecule has 2 rings (SSSR count). The van der Waals surface area contributed by atoms with E-state index in [1.54, 1.807) is 17.0 Å². The summed E-state index contributed by atoms with van der Waals surface area (Å²) in [5.74, 6) is -0.448. The maximum atomic E-state index is 13.1. The Hall–Kier alpha value is -2.22. The van der Waals surface area contributed by atoms with Gasteiger partial charge in [-0.25, -0.2) is 8.42 Å². The molecule has 0 bridgehead atoms. The first kappa shape index (κ1) is 22.1. The van der Waals surface area contributed by atoms with E-state index in [0.717, 1.165) is 17.5 Å². The van der Waals surface area contributed by atoms with Crippen molar-refractivity contribution in [3.05, 3.63) is 65.7 Å². The van der Waals surface area contributed by atoms with Crippen molar-refractivity contribution in [1.82, 2.24) is 9.62 Å². The van der Waals surface area contributed by atoms with Crippen LogP contribution in [0, 0.1) is 6.92 Å². The third-order valence-electron chi connectivity index (χ3n) is 4.38. The number of hydrogen-bond donors (Lipinski definition) is 2. The van der Waals surface area contributed by atoms with E-state index in [9.17, 15) is 18.3 Å². The summed E-state index contributed by atoms with van der Waals surface area (Å²) >= 11 is 0. The Morgan fingerprint density at radius 3 is 2.25 bits per heavy atom. The van der Waals surface area contributed by atoms with Crippen LogP contribution in [0.2, 0.25) is 0 Å². The normalized spacial score (nSPS) is 13.7. The van der Waals surface area contributed by atoms with E-state index in [4.69, 9.17) is 0 Å². The molecule has 2 aromatic carbocycles. The maximum absolute atomic E-state index is 13.1. The molecular weight excluding hydrogens is 376 g/mol. The van der Waals surface area contributed by atoms with Gasteiger partial charge in [0.1, 0.15) is 6.04 Å². The molecule has 28 heavy (non-hydrogen) atoms. The number of benzene rings is 2. The molecule has 1 amide bonds. The lowest BCUT2D eigenvalue weighted by molar-refractivity contribution is -0.136. The maximum Gasteiger partial charge on any atom is 0.243 e. The number of nitrogens with zero attached hydrogens (tertiary/aromatic N) is 1. The van der Waals surface area contributed by atoms with E-state index in [1.807, 2.05) is 44.2 Å². The molecule has 0 saturated carbocycles. The van der Waals surface area contributed by atoms with E-state index in [0.29, 0.717) is 13.1 Å². The van der Waals surface area contributed by atoms with Gasteiger partial charge in [0.25, 0.3) is 0 Å². The molecule has 2 N–H and O–H groups in total. The Morgan fingerprint density at radius 2 is 1.71 bits per heavy atom. The van der Waals surface area contributed by atoms with Gasteiger partial charge in [-0.2, -0.15) is 4.72 Å². The first-order chi connectivity index (χ1) is 13.2. The van der Waals surface area contributed by atoms with Gasteiger partial charge >= 0.3 is 0 Å². The molecule has 0 spiro atoms. The van der Waals surface area contributed by atoms with Crippen LogP contribution in [0.25, 0.3) is 0 Å². The number of carbonyl (C=O) groups excluding carboxylic acids is 1. The molecule has 0 heterocycles.